The predicted octanol–water partition coefficient (Wildman–Crippen LogP) is 8.87. The number of phenols is 1. The van der Waals surface area contributed by atoms with E-state index in [1.54, 1.807) is 36.6 Å². The Hall–Kier alpha value is -4.30. The van der Waals surface area contributed by atoms with Crippen molar-refractivity contribution < 1.29 is 38.6 Å². The third-order valence-electron chi connectivity index (χ3n) is 9.13. The predicted molar refractivity (Wildman–Crippen MR) is 244 cm³/mol. The quantitative estimate of drug-likeness (QED) is 0.0360. The minimum atomic E-state index is -0.882. The van der Waals surface area contributed by atoms with E-state index in [-0.39, 0.29) is 54.9 Å². The number of carbonyl (C=O) groups excluding carboxylic acids is 5. The Labute approximate surface area is 366 Å². The summed E-state index contributed by atoms with van der Waals surface area (Å²) in [5.41, 5.74) is 0.995. The highest BCUT2D eigenvalue weighted by Crippen LogP contribution is 2.31. The van der Waals surface area contributed by atoms with Crippen LogP contribution < -0.4 is 10.6 Å². The molecule has 1 aromatic carbocycles. The summed E-state index contributed by atoms with van der Waals surface area (Å²) in [6.07, 6.45) is 8.09. The minimum Gasteiger partial charge on any atom is -0.508 e. The number of phenolic OH excluding ortho intramolecular Hbond substituents is 1. The van der Waals surface area contributed by atoms with Crippen LogP contribution in [0.15, 0.2) is 42.0 Å². The van der Waals surface area contributed by atoms with Crippen molar-refractivity contribution in [2.75, 3.05) is 33.4 Å². The van der Waals surface area contributed by atoms with E-state index >= 15 is 0 Å². The van der Waals surface area contributed by atoms with Gasteiger partial charge in [0, 0.05) is 43.1 Å². The van der Waals surface area contributed by atoms with Crippen LogP contribution in [0.3, 0.4) is 0 Å². The number of ether oxygens (including phenoxy) is 2. The van der Waals surface area contributed by atoms with E-state index in [1.807, 2.05) is 34.6 Å². The molecule has 0 fully saturated rings. The van der Waals surface area contributed by atoms with Gasteiger partial charge in [0.2, 0.25) is 12.3 Å². The fourth-order valence-corrected chi connectivity index (χ4v) is 6.31. The monoisotopic (exact) mass is 862 g/mol. The van der Waals surface area contributed by atoms with Gasteiger partial charge in [0.1, 0.15) is 22.7 Å². The highest BCUT2D eigenvalue weighted by Gasteiger charge is 2.33. The van der Waals surface area contributed by atoms with Crippen LogP contribution in [-0.4, -0.2) is 95.9 Å². The molecule has 60 heavy (non-hydrogen) atoms. The molecule has 342 valence electrons. The van der Waals surface area contributed by atoms with E-state index in [0.29, 0.717) is 36.4 Å². The number of nitrogens with zero attached hydrogens (tertiary/aromatic N) is 3. The van der Waals surface area contributed by atoms with Gasteiger partial charge in [-0.05, 0) is 69.4 Å². The van der Waals surface area contributed by atoms with Crippen molar-refractivity contribution in [2.24, 2.45) is 11.8 Å². The molecule has 0 bridgehead atoms. The van der Waals surface area contributed by atoms with Crippen LogP contribution in [-0.2, 0) is 35.1 Å². The fraction of sp³-hybridized carbons (Fsp3) is 0.652. The molecule has 4 atom stereocenters. The number of carbonyl (C=O) groups is 5. The molecule has 1 aromatic heterocycles. The van der Waals surface area contributed by atoms with E-state index in [9.17, 15) is 29.1 Å². The topological polar surface area (TPSA) is 167 Å². The van der Waals surface area contributed by atoms with Gasteiger partial charge in [-0.1, -0.05) is 107 Å². The first kappa shape index (κ1) is 57.8. The Bertz CT molecular complexity index is 1470. The second kappa shape index (κ2) is 35.5. The van der Waals surface area contributed by atoms with Crippen molar-refractivity contribution in [3.05, 3.63) is 58.2 Å². The molecule has 0 aliphatic heterocycles. The number of aldehydes is 1. The highest BCUT2D eigenvalue weighted by atomic mass is 32.1. The maximum absolute atomic E-state index is 13.3. The first-order valence-corrected chi connectivity index (χ1v) is 22.6. The van der Waals surface area contributed by atoms with E-state index in [4.69, 9.17) is 9.47 Å². The van der Waals surface area contributed by atoms with E-state index < -0.39 is 24.0 Å². The average molecular weight is 862 g/mol. The molecule has 14 heteroatoms. The summed E-state index contributed by atoms with van der Waals surface area (Å²) in [7, 11) is 2.16. The van der Waals surface area contributed by atoms with Gasteiger partial charge in [0.25, 0.3) is 5.91 Å². The molecule has 0 aliphatic carbocycles. The van der Waals surface area contributed by atoms with Crippen LogP contribution in [0.1, 0.15) is 155 Å². The van der Waals surface area contributed by atoms with Crippen LogP contribution in [0.25, 0.3) is 0 Å². The van der Waals surface area contributed by atoms with Gasteiger partial charge in [-0.15, -0.1) is 11.3 Å². The maximum Gasteiger partial charge on any atom is 0.303 e. The van der Waals surface area contributed by atoms with Crippen molar-refractivity contribution in [2.45, 2.75) is 152 Å². The number of aromatic nitrogens is 1. The number of amides is 3. The van der Waals surface area contributed by atoms with Crippen LogP contribution in [0, 0.1) is 11.8 Å². The highest BCUT2D eigenvalue weighted by molar-refractivity contribution is 7.09. The number of aromatic hydroxyl groups is 1. The molecule has 0 aliphatic rings. The molecule has 3 amide bonds. The van der Waals surface area contributed by atoms with Gasteiger partial charge in [0.15, 0.2) is 12.8 Å². The van der Waals surface area contributed by atoms with Gasteiger partial charge in [-0.2, -0.15) is 0 Å². The number of allylic oxidation sites excluding steroid dienone is 1. The van der Waals surface area contributed by atoms with Gasteiger partial charge in [0.05, 0.1) is 12.3 Å². The molecular formula is C46H79N5O8S. The normalized spacial score (nSPS) is 12.4. The molecule has 0 saturated carbocycles. The van der Waals surface area contributed by atoms with Crippen molar-refractivity contribution in [1.82, 2.24) is 25.4 Å². The summed E-state index contributed by atoms with van der Waals surface area (Å²) in [5.74, 6) is -1.17. The molecule has 0 radical (unpaired) electrons. The fourth-order valence-electron chi connectivity index (χ4n) is 5.47. The molecule has 2 aromatic rings. The lowest BCUT2D eigenvalue weighted by molar-refractivity contribution is -0.150. The van der Waals surface area contributed by atoms with E-state index in [1.165, 1.54) is 50.6 Å². The van der Waals surface area contributed by atoms with Gasteiger partial charge in [-0.3, -0.25) is 19.2 Å². The number of hydrogen-bond acceptors (Lipinski definition) is 11. The third kappa shape index (κ3) is 26.0. The lowest BCUT2D eigenvalue weighted by atomic mass is 9.96. The van der Waals surface area contributed by atoms with E-state index in [0.717, 1.165) is 29.6 Å². The lowest BCUT2D eigenvalue weighted by Gasteiger charge is -2.36. The van der Waals surface area contributed by atoms with Gasteiger partial charge >= 0.3 is 5.97 Å². The van der Waals surface area contributed by atoms with Crippen molar-refractivity contribution in [3.63, 3.8) is 0 Å². The Morgan fingerprint density at radius 3 is 2.10 bits per heavy atom. The summed E-state index contributed by atoms with van der Waals surface area (Å²) in [5, 5.41) is 16.9. The number of esters is 1. The standard InChI is InChI=1S/C33H46N4O8S.C7H17N.C4H10.C2H6/c1-7-8-23(5)44-20-37(31(42)16-34-19-39)29(21(2)3)15-30(45-24(6)40)33-36-28(18-46-33)32(43)35-26(13-22(4)17-38)14-25-9-11-27(41)12-10-25;1-4-6-7-8(3)5-2;1-3-4-2;1-2/h9-12,17-19,21-22,26,29-30,41H,5,7-8,13-16,20H2,1-4,6H3,(H,34,39)(H,35,43);4-7H2,1-3H3;3-4H2,1-2H3;1-2H3. The molecular weight excluding hydrogens is 783 g/mol. The summed E-state index contributed by atoms with van der Waals surface area (Å²) in [6, 6.07) is 5.74. The first-order valence-electron chi connectivity index (χ1n) is 21.7. The Morgan fingerprint density at radius 2 is 1.60 bits per heavy atom. The van der Waals surface area contributed by atoms with Crippen LogP contribution in [0.4, 0.5) is 0 Å². The Balaban J connectivity index is 0. The van der Waals surface area contributed by atoms with Crippen molar-refractivity contribution in [1.29, 1.82) is 0 Å². The number of nitrogens with one attached hydrogen (secondary N) is 2. The zero-order valence-corrected chi connectivity index (χ0v) is 39.7. The van der Waals surface area contributed by atoms with E-state index in [2.05, 4.69) is 61.8 Å². The molecule has 2 rings (SSSR count). The van der Waals surface area contributed by atoms with Gasteiger partial charge < -0.3 is 39.8 Å². The largest absolute Gasteiger partial charge is 0.508 e. The van der Waals surface area contributed by atoms with Crippen LogP contribution in [0.2, 0.25) is 0 Å². The number of rotatable bonds is 26. The molecule has 1 heterocycles. The van der Waals surface area contributed by atoms with Crippen LogP contribution in [0.5, 0.6) is 5.75 Å². The molecule has 13 nitrogen and oxygen atoms in total. The third-order valence-corrected chi connectivity index (χ3v) is 10.1. The number of thiazole rings is 1. The van der Waals surface area contributed by atoms with Crippen molar-refractivity contribution in [3.8, 4) is 5.75 Å². The average Bonchev–Trinajstić information content (AvgIpc) is 3.73. The van der Waals surface area contributed by atoms with Crippen LogP contribution >= 0.6 is 11.3 Å². The molecule has 3 N–H and O–H groups in total. The zero-order valence-electron chi connectivity index (χ0n) is 38.9. The first-order chi connectivity index (χ1) is 28.6. The Morgan fingerprint density at radius 1 is 0.967 bits per heavy atom. The molecule has 4 unspecified atom stereocenters. The lowest BCUT2D eigenvalue weighted by Crippen LogP contribution is -2.48. The molecule has 0 saturated heterocycles. The van der Waals surface area contributed by atoms with Crippen molar-refractivity contribution >= 4 is 41.8 Å². The van der Waals surface area contributed by atoms with Gasteiger partial charge in [-0.25, -0.2) is 4.98 Å². The Kier molecular flexibility index (Phi) is 34.2. The smallest absolute Gasteiger partial charge is 0.303 e. The second-order valence-electron chi connectivity index (χ2n) is 14.8. The summed E-state index contributed by atoms with van der Waals surface area (Å²) < 4.78 is 11.5. The summed E-state index contributed by atoms with van der Waals surface area (Å²) in [4.78, 5) is 69.4. The number of unbranched alkanes of at least 4 members (excludes halogenated alkanes) is 2. The zero-order chi connectivity index (χ0) is 46.0. The summed E-state index contributed by atoms with van der Waals surface area (Å²) in [6.45, 7) is 27.6. The number of hydrogen-bond donors (Lipinski definition) is 3. The number of benzene rings is 1. The SMILES string of the molecule is C=C(CCC)OCN(C(=O)CNC=O)C(CC(OC(C)=O)c1nc(C(=O)NC(Cc2ccc(O)cc2)CC(C)C=O)cs1)C(C)C.CC.CCCC.CCCCN(C)CC. The maximum atomic E-state index is 13.3. The minimum absolute atomic E-state index is 0.110. The summed E-state index contributed by atoms with van der Waals surface area (Å²) >= 11 is 1.15. The molecule has 0 spiro atoms. The second-order valence-corrected chi connectivity index (χ2v) is 15.7.